The van der Waals surface area contributed by atoms with Crippen LogP contribution in [0.4, 0.5) is 5.82 Å². The molecule has 1 N–H and O–H groups in total. The second kappa shape index (κ2) is 10.6. The van der Waals surface area contributed by atoms with Crippen LogP contribution in [0.2, 0.25) is 0 Å². The van der Waals surface area contributed by atoms with Crippen LogP contribution in [-0.4, -0.2) is 13.9 Å². The van der Waals surface area contributed by atoms with E-state index in [9.17, 15) is 5.26 Å². The Morgan fingerprint density at radius 3 is 2.50 bits per heavy atom. The van der Waals surface area contributed by atoms with Crippen LogP contribution in [0.1, 0.15) is 40.9 Å². The molecular formula is C31H27N5OS. The maximum absolute atomic E-state index is 9.94. The molecule has 6 rings (SSSR count). The molecule has 1 aliphatic rings. The molecule has 2 aromatic heterocycles. The minimum Gasteiger partial charge on any atom is -0.405 e. The van der Waals surface area contributed by atoms with Gasteiger partial charge in [0, 0.05) is 34.4 Å². The second-order valence-electron chi connectivity index (χ2n) is 9.41. The Hall–Kier alpha value is -4.28. The molecule has 0 atom stereocenters. The average Bonchev–Trinajstić information content (AvgIpc) is 3.26. The Bertz CT molecular complexity index is 1640. The topological polar surface area (TPSA) is 75.8 Å². The van der Waals surface area contributed by atoms with E-state index in [1.165, 1.54) is 23.4 Å². The first-order valence-corrected chi connectivity index (χ1v) is 13.5. The summed E-state index contributed by atoms with van der Waals surface area (Å²) in [5.41, 5.74) is 6.80. The van der Waals surface area contributed by atoms with Crippen molar-refractivity contribution in [1.29, 1.82) is 5.26 Å². The van der Waals surface area contributed by atoms with Crippen LogP contribution in [0.15, 0.2) is 78.9 Å². The Morgan fingerprint density at radius 1 is 0.947 bits per heavy atom. The minimum atomic E-state index is 0.585. The molecule has 0 saturated heterocycles. The fourth-order valence-corrected chi connectivity index (χ4v) is 5.83. The maximum atomic E-state index is 9.94. The van der Waals surface area contributed by atoms with E-state index < -0.39 is 0 Å². The van der Waals surface area contributed by atoms with Gasteiger partial charge in [0.25, 0.3) is 0 Å². The van der Waals surface area contributed by atoms with Crippen molar-refractivity contribution in [3.05, 3.63) is 107 Å². The van der Waals surface area contributed by atoms with Crippen LogP contribution in [0.25, 0.3) is 22.3 Å². The quantitative estimate of drug-likeness (QED) is 0.229. The predicted molar refractivity (Wildman–Crippen MR) is 153 cm³/mol. The molecule has 3 aromatic carbocycles. The summed E-state index contributed by atoms with van der Waals surface area (Å²) in [5.74, 6) is 2.32. The fourth-order valence-electron chi connectivity index (χ4n) is 5.08. The molecule has 0 fully saturated rings. The van der Waals surface area contributed by atoms with Gasteiger partial charge in [0.15, 0.2) is 18.1 Å². The highest BCUT2D eigenvalue weighted by atomic mass is 32.2. The lowest BCUT2D eigenvalue weighted by Crippen LogP contribution is -2.14. The zero-order valence-electron chi connectivity index (χ0n) is 21.1. The molecule has 1 aliphatic carbocycles. The first kappa shape index (κ1) is 24.1. The van der Waals surface area contributed by atoms with Crippen LogP contribution in [0.3, 0.4) is 0 Å². The van der Waals surface area contributed by atoms with Crippen molar-refractivity contribution in [2.24, 2.45) is 0 Å². The number of nitrogens with zero attached hydrogens (tertiary/aromatic N) is 4. The lowest BCUT2D eigenvalue weighted by Gasteiger charge is -2.20. The molecule has 2 heterocycles. The highest BCUT2D eigenvalue weighted by Gasteiger charge is 2.25. The number of rotatable bonds is 7. The third kappa shape index (κ3) is 4.59. The number of fused-ring (bicyclic) bond motifs is 2. The van der Waals surface area contributed by atoms with Gasteiger partial charge in [0.05, 0.1) is 11.1 Å². The first-order valence-electron chi connectivity index (χ1n) is 12.8. The molecular weight excluding hydrogens is 490 g/mol. The van der Waals surface area contributed by atoms with Gasteiger partial charge in [0.1, 0.15) is 17.6 Å². The smallest absolute Gasteiger partial charge is 0.184 e. The molecule has 0 saturated carbocycles. The van der Waals surface area contributed by atoms with Gasteiger partial charge in [-0.3, -0.25) is 3.97 Å². The average molecular weight is 518 g/mol. The summed E-state index contributed by atoms with van der Waals surface area (Å²) in [6.45, 7) is 2.74. The summed E-state index contributed by atoms with van der Waals surface area (Å²) in [4.78, 5) is 10.2. The maximum Gasteiger partial charge on any atom is 0.184 e. The number of benzene rings is 3. The normalized spacial score (nSPS) is 12.6. The standard InChI is InChI=1S/C31H27N5OS/c1-21-28(26-17-10-13-23(19-32)29(26)36(21)38-37-24-14-6-3-7-15-24)31-34-27-18-9-8-16-25(27)30(35-31)33-20-22-11-4-2-5-12-22/h2-7,10-15,17H,8-9,16,18,20H2,1H3,(H,33,34,35). The number of nitriles is 1. The van der Waals surface area contributed by atoms with E-state index in [2.05, 4.69) is 35.7 Å². The first-order chi connectivity index (χ1) is 18.7. The van der Waals surface area contributed by atoms with E-state index in [-0.39, 0.29) is 0 Å². The second-order valence-corrected chi connectivity index (χ2v) is 10.1. The molecule has 188 valence electrons. The van der Waals surface area contributed by atoms with E-state index in [4.69, 9.17) is 14.2 Å². The number of hydrogen-bond acceptors (Lipinski definition) is 6. The number of para-hydroxylation sites is 2. The van der Waals surface area contributed by atoms with E-state index in [0.717, 1.165) is 65.1 Å². The molecule has 7 heteroatoms. The van der Waals surface area contributed by atoms with Gasteiger partial charge in [-0.1, -0.05) is 60.7 Å². The number of anilines is 1. The lowest BCUT2D eigenvalue weighted by atomic mass is 9.96. The van der Waals surface area contributed by atoms with Crippen LogP contribution >= 0.6 is 12.2 Å². The fraction of sp³-hybridized carbons (Fsp3) is 0.194. The van der Waals surface area contributed by atoms with Gasteiger partial charge in [-0.2, -0.15) is 5.26 Å². The van der Waals surface area contributed by atoms with Gasteiger partial charge in [-0.25, -0.2) is 9.97 Å². The molecule has 0 radical (unpaired) electrons. The van der Waals surface area contributed by atoms with E-state index in [0.29, 0.717) is 17.9 Å². The van der Waals surface area contributed by atoms with Crippen molar-refractivity contribution < 1.29 is 4.18 Å². The van der Waals surface area contributed by atoms with Crippen LogP contribution in [0.5, 0.6) is 5.75 Å². The zero-order valence-corrected chi connectivity index (χ0v) is 22.0. The Kier molecular flexibility index (Phi) is 6.72. The Morgan fingerprint density at radius 2 is 1.71 bits per heavy atom. The van der Waals surface area contributed by atoms with Gasteiger partial charge in [0.2, 0.25) is 0 Å². The van der Waals surface area contributed by atoms with Gasteiger partial charge < -0.3 is 9.50 Å². The molecule has 6 nitrogen and oxygen atoms in total. The van der Waals surface area contributed by atoms with E-state index in [1.807, 2.05) is 65.5 Å². The molecule has 5 aromatic rings. The van der Waals surface area contributed by atoms with Gasteiger partial charge in [-0.05, 0) is 56.4 Å². The third-order valence-corrected chi connectivity index (χ3v) is 7.83. The van der Waals surface area contributed by atoms with Crippen molar-refractivity contribution in [1.82, 2.24) is 13.9 Å². The van der Waals surface area contributed by atoms with E-state index in [1.54, 1.807) is 0 Å². The largest absolute Gasteiger partial charge is 0.405 e. The van der Waals surface area contributed by atoms with Gasteiger partial charge in [-0.15, -0.1) is 0 Å². The summed E-state index contributed by atoms with van der Waals surface area (Å²) >= 11 is 1.21. The predicted octanol–water partition coefficient (Wildman–Crippen LogP) is 7.26. The SMILES string of the molecule is Cc1c(-c2nc3c(c(NCc4ccccc4)n2)CCCC3)c2cccc(C#N)c2n1SOc1ccccc1. The molecule has 0 bridgehead atoms. The minimum absolute atomic E-state index is 0.585. The number of aryl methyl sites for hydroxylation is 1. The number of nitrogens with one attached hydrogen (secondary N) is 1. The summed E-state index contributed by atoms with van der Waals surface area (Å²) < 4.78 is 8.03. The monoisotopic (exact) mass is 517 g/mol. The highest BCUT2D eigenvalue weighted by molar-refractivity contribution is 7.93. The molecule has 0 amide bonds. The van der Waals surface area contributed by atoms with Crippen molar-refractivity contribution in [2.75, 3.05) is 5.32 Å². The van der Waals surface area contributed by atoms with Crippen LogP contribution < -0.4 is 9.50 Å². The van der Waals surface area contributed by atoms with Crippen molar-refractivity contribution in [3.8, 4) is 23.2 Å². The third-order valence-electron chi connectivity index (χ3n) is 6.96. The van der Waals surface area contributed by atoms with E-state index >= 15 is 0 Å². The summed E-state index contributed by atoms with van der Waals surface area (Å²) in [6, 6.07) is 28.2. The summed E-state index contributed by atoms with van der Waals surface area (Å²) in [7, 11) is 0. The number of aromatic nitrogens is 3. The summed E-state index contributed by atoms with van der Waals surface area (Å²) in [5, 5.41) is 14.5. The summed E-state index contributed by atoms with van der Waals surface area (Å²) in [6.07, 6.45) is 4.19. The molecule has 0 spiro atoms. The molecule has 38 heavy (non-hydrogen) atoms. The zero-order chi connectivity index (χ0) is 25.9. The van der Waals surface area contributed by atoms with Crippen LogP contribution in [-0.2, 0) is 19.4 Å². The van der Waals surface area contributed by atoms with Crippen molar-refractivity contribution in [2.45, 2.75) is 39.2 Å². The number of hydrogen-bond donors (Lipinski definition) is 1. The van der Waals surface area contributed by atoms with Crippen LogP contribution in [0, 0.1) is 18.3 Å². The molecule has 0 unspecified atom stereocenters. The van der Waals surface area contributed by atoms with Gasteiger partial charge >= 0.3 is 0 Å². The Balaban J connectivity index is 1.46. The molecule has 0 aliphatic heterocycles. The Labute approximate surface area is 226 Å². The van der Waals surface area contributed by atoms with Crippen molar-refractivity contribution in [3.63, 3.8) is 0 Å². The van der Waals surface area contributed by atoms with Crippen molar-refractivity contribution >= 4 is 28.9 Å². The highest BCUT2D eigenvalue weighted by Crippen LogP contribution is 2.39. The lowest BCUT2D eigenvalue weighted by molar-refractivity contribution is 0.640.